The Hall–Kier alpha value is -2.21. The van der Waals surface area contributed by atoms with Crippen molar-refractivity contribution < 1.29 is 14.1 Å². The van der Waals surface area contributed by atoms with Crippen LogP contribution in [-0.2, 0) is 16.1 Å². The number of aromatic nitrogens is 2. The Morgan fingerprint density at radius 3 is 2.67 bits per heavy atom. The number of carbonyl (C=O) groups excluding carboxylic acids is 1. The molecule has 21 heavy (non-hydrogen) atoms. The highest BCUT2D eigenvalue weighted by Crippen LogP contribution is 2.23. The van der Waals surface area contributed by atoms with E-state index in [9.17, 15) is 4.79 Å². The largest absolute Gasteiger partial charge is 0.469 e. The Bertz CT molecular complexity index is 583. The molecule has 0 radical (unpaired) electrons. The van der Waals surface area contributed by atoms with Crippen LogP contribution in [-0.4, -0.2) is 23.2 Å². The molecule has 0 unspecified atom stereocenters. The van der Waals surface area contributed by atoms with Crippen molar-refractivity contribution in [3.05, 3.63) is 47.6 Å². The number of ether oxygens (including phenoxy) is 1. The third-order valence-electron chi connectivity index (χ3n) is 3.27. The highest BCUT2D eigenvalue weighted by molar-refractivity contribution is 5.73. The quantitative estimate of drug-likeness (QED) is 0.820. The molecule has 1 aromatic heterocycles. The predicted molar refractivity (Wildman–Crippen MR) is 76.2 cm³/mol. The average Bonchev–Trinajstić information content (AvgIpc) is 2.93. The van der Waals surface area contributed by atoms with E-state index in [1.165, 1.54) is 7.11 Å². The summed E-state index contributed by atoms with van der Waals surface area (Å²) in [6, 6.07) is 9.55. The van der Waals surface area contributed by atoms with Gasteiger partial charge in [-0.15, -0.1) is 0 Å². The summed E-state index contributed by atoms with van der Waals surface area (Å²) in [5, 5.41) is 7.03. The van der Waals surface area contributed by atoms with E-state index in [1.807, 2.05) is 37.3 Å². The van der Waals surface area contributed by atoms with Gasteiger partial charge < -0.3 is 14.6 Å². The van der Waals surface area contributed by atoms with Crippen molar-refractivity contribution >= 4 is 5.97 Å². The summed E-state index contributed by atoms with van der Waals surface area (Å²) >= 11 is 0. The second-order valence-electron chi connectivity index (χ2n) is 4.82. The standard InChI is InChI=1S/C15H19N3O3/c1-10(15(19)20-3)14(12-7-5-4-6-8-12)16-9-13-17-11(2)18-21-13/h4-8,10,14,16H,9H2,1-3H3/t10-,14-/m1/s1. The normalized spacial score (nSPS) is 13.7. The van der Waals surface area contributed by atoms with Crippen molar-refractivity contribution in [1.29, 1.82) is 0 Å². The van der Waals surface area contributed by atoms with E-state index in [2.05, 4.69) is 15.5 Å². The predicted octanol–water partition coefficient (Wildman–Crippen LogP) is 2.02. The molecule has 6 nitrogen and oxygen atoms in total. The molecule has 0 aliphatic carbocycles. The number of rotatable bonds is 6. The molecule has 112 valence electrons. The van der Waals surface area contributed by atoms with Crippen molar-refractivity contribution in [1.82, 2.24) is 15.5 Å². The van der Waals surface area contributed by atoms with Crippen LogP contribution in [0, 0.1) is 12.8 Å². The lowest BCUT2D eigenvalue weighted by Gasteiger charge is -2.23. The molecular formula is C15H19N3O3. The minimum Gasteiger partial charge on any atom is -0.469 e. The van der Waals surface area contributed by atoms with Gasteiger partial charge in [0.05, 0.1) is 19.6 Å². The number of esters is 1. The summed E-state index contributed by atoms with van der Waals surface area (Å²) in [4.78, 5) is 16.0. The minimum atomic E-state index is -0.332. The van der Waals surface area contributed by atoms with E-state index in [4.69, 9.17) is 9.26 Å². The maximum Gasteiger partial charge on any atom is 0.310 e. The summed E-state index contributed by atoms with van der Waals surface area (Å²) < 4.78 is 9.92. The molecule has 0 fully saturated rings. The number of nitrogens with one attached hydrogen (secondary N) is 1. The molecule has 0 spiro atoms. The average molecular weight is 289 g/mol. The van der Waals surface area contributed by atoms with Gasteiger partial charge in [-0.1, -0.05) is 42.4 Å². The lowest BCUT2D eigenvalue weighted by Crippen LogP contribution is -2.31. The number of hydrogen-bond acceptors (Lipinski definition) is 6. The van der Waals surface area contributed by atoms with Gasteiger partial charge >= 0.3 is 5.97 Å². The van der Waals surface area contributed by atoms with E-state index >= 15 is 0 Å². The molecule has 0 bridgehead atoms. The summed E-state index contributed by atoms with van der Waals surface area (Å²) in [6.45, 7) is 3.98. The third kappa shape index (κ3) is 3.88. The van der Waals surface area contributed by atoms with Crippen LogP contribution in [0.1, 0.15) is 30.2 Å². The van der Waals surface area contributed by atoms with Crippen LogP contribution in [0.15, 0.2) is 34.9 Å². The molecule has 0 saturated carbocycles. The first kappa shape index (κ1) is 15.2. The first-order valence-electron chi connectivity index (χ1n) is 6.77. The summed E-state index contributed by atoms with van der Waals surface area (Å²) in [6.07, 6.45) is 0. The number of nitrogens with zero attached hydrogens (tertiary/aromatic N) is 2. The minimum absolute atomic E-state index is 0.189. The smallest absolute Gasteiger partial charge is 0.310 e. The van der Waals surface area contributed by atoms with Gasteiger partial charge in [-0.25, -0.2) is 0 Å². The number of aryl methyl sites for hydroxylation is 1. The first-order chi connectivity index (χ1) is 10.1. The molecular weight excluding hydrogens is 270 g/mol. The summed E-state index contributed by atoms with van der Waals surface area (Å²) in [5.41, 5.74) is 1.01. The Kier molecular flexibility index (Phi) is 5.05. The Balaban J connectivity index is 2.14. The SMILES string of the molecule is COC(=O)[C@H](C)[C@@H](NCc1nc(C)no1)c1ccccc1. The Morgan fingerprint density at radius 1 is 1.38 bits per heavy atom. The lowest BCUT2D eigenvalue weighted by atomic mass is 9.94. The van der Waals surface area contributed by atoms with E-state index in [1.54, 1.807) is 6.92 Å². The maximum absolute atomic E-state index is 11.8. The first-order valence-corrected chi connectivity index (χ1v) is 6.77. The molecule has 6 heteroatoms. The van der Waals surface area contributed by atoms with Crippen molar-refractivity contribution in [2.75, 3.05) is 7.11 Å². The molecule has 0 amide bonds. The fourth-order valence-corrected chi connectivity index (χ4v) is 2.17. The van der Waals surface area contributed by atoms with E-state index in [0.717, 1.165) is 5.56 Å². The molecule has 1 heterocycles. The molecule has 2 aromatic rings. The van der Waals surface area contributed by atoms with E-state index < -0.39 is 0 Å². The Labute approximate surface area is 123 Å². The van der Waals surface area contributed by atoms with Gasteiger partial charge in [0.1, 0.15) is 0 Å². The lowest BCUT2D eigenvalue weighted by molar-refractivity contribution is -0.146. The summed E-state index contributed by atoms with van der Waals surface area (Å²) in [5.74, 6) is 0.481. The maximum atomic E-state index is 11.8. The zero-order chi connectivity index (χ0) is 15.2. The van der Waals surface area contributed by atoms with Gasteiger partial charge in [-0.05, 0) is 12.5 Å². The van der Waals surface area contributed by atoms with Crippen molar-refractivity contribution in [2.45, 2.75) is 26.4 Å². The second-order valence-corrected chi connectivity index (χ2v) is 4.82. The molecule has 0 aliphatic rings. The van der Waals surface area contributed by atoms with Crippen LogP contribution in [0.25, 0.3) is 0 Å². The van der Waals surface area contributed by atoms with Gasteiger partial charge in [0.25, 0.3) is 0 Å². The zero-order valence-corrected chi connectivity index (χ0v) is 12.4. The molecule has 2 rings (SSSR count). The van der Waals surface area contributed by atoms with Crippen LogP contribution in [0.4, 0.5) is 0 Å². The molecule has 2 atom stereocenters. The highest BCUT2D eigenvalue weighted by Gasteiger charge is 2.26. The van der Waals surface area contributed by atoms with Crippen LogP contribution in [0.2, 0.25) is 0 Å². The second kappa shape index (κ2) is 6.99. The fraction of sp³-hybridized carbons (Fsp3) is 0.400. The molecule has 0 saturated heterocycles. The van der Waals surface area contributed by atoms with Crippen molar-refractivity contribution in [3.8, 4) is 0 Å². The summed E-state index contributed by atoms with van der Waals surface area (Å²) in [7, 11) is 1.39. The highest BCUT2D eigenvalue weighted by atomic mass is 16.5. The van der Waals surface area contributed by atoms with Crippen molar-refractivity contribution in [3.63, 3.8) is 0 Å². The number of methoxy groups -OCH3 is 1. The molecule has 1 N–H and O–H groups in total. The van der Waals surface area contributed by atoms with Gasteiger partial charge in [-0.3, -0.25) is 4.79 Å². The van der Waals surface area contributed by atoms with Gasteiger partial charge in [0.2, 0.25) is 5.89 Å². The Morgan fingerprint density at radius 2 is 2.10 bits per heavy atom. The molecule has 0 aliphatic heterocycles. The zero-order valence-electron chi connectivity index (χ0n) is 12.4. The molecule has 1 aromatic carbocycles. The van der Waals surface area contributed by atoms with Crippen LogP contribution >= 0.6 is 0 Å². The van der Waals surface area contributed by atoms with Gasteiger partial charge in [-0.2, -0.15) is 4.98 Å². The fourth-order valence-electron chi connectivity index (χ4n) is 2.17. The topological polar surface area (TPSA) is 77.2 Å². The van der Waals surface area contributed by atoms with E-state index in [0.29, 0.717) is 18.3 Å². The van der Waals surface area contributed by atoms with Crippen LogP contribution < -0.4 is 5.32 Å². The number of benzene rings is 1. The van der Waals surface area contributed by atoms with Gasteiger partial charge in [0, 0.05) is 6.04 Å². The monoisotopic (exact) mass is 289 g/mol. The van der Waals surface area contributed by atoms with E-state index in [-0.39, 0.29) is 17.9 Å². The van der Waals surface area contributed by atoms with Gasteiger partial charge in [0.15, 0.2) is 5.82 Å². The van der Waals surface area contributed by atoms with Crippen LogP contribution in [0.5, 0.6) is 0 Å². The number of hydrogen-bond donors (Lipinski definition) is 1. The van der Waals surface area contributed by atoms with Crippen molar-refractivity contribution in [2.24, 2.45) is 5.92 Å². The third-order valence-corrected chi connectivity index (χ3v) is 3.27. The number of carbonyl (C=O) groups is 1. The van der Waals surface area contributed by atoms with Crippen LogP contribution in [0.3, 0.4) is 0 Å².